The van der Waals surface area contributed by atoms with Gasteiger partial charge in [-0.05, 0) is 32.4 Å². The molecule has 1 unspecified atom stereocenters. The fourth-order valence-electron chi connectivity index (χ4n) is 3.04. The molecular weight excluding hydrogens is 270 g/mol. The molecule has 1 aromatic carbocycles. The maximum atomic E-state index is 11.4. The van der Waals surface area contributed by atoms with Gasteiger partial charge >= 0.3 is 5.97 Å². The molecule has 0 amide bonds. The highest BCUT2D eigenvalue weighted by molar-refractivity contribution is 5.73. The molecule has 1 saturated heterocycles. The largest absolute Gasteiger partial charge is 0.496 e. The summed E-state index contributed by atoms with van der Waals surface area (Å²) in [5.74, 6) is 0.826. The van der Waals surface area contributed by atoms with Gasteiger partial charge in [0.1, 0.15) is 17.5 Å². The van der Waals surface area contributed by atoms with Crippen LogP contribution in [0.1, 0.15) is 30.4 Å². The van der Waals surface area contributed by atoms with Crippen molar-refractivity contribution in [3.8, 4) is 11.5 Å². The molecule has 0 radical (unpaired) electrons. The molecule has 1 fully saturated rings. The van der Waals surface area contributed by atoms with E-state index in [0.29, 0.717) is 13.0 Å². The lowest BCUT2D eigenvalue weighted by molar-refractivity contribution is -0.144. The molecule has 116 valence electrons. The van der Waals surface area contributed by atoms with Gasteiger partial charge in [-0.15, -0.1) is 0 Å². The Hall–Kier alpha value is -1.75. The Morgan fingerprint density at radius 2 is 2.10 bits per heavy atom. The summed E-state index contributed by atoms with van der Waals surface area (Å²) in [6.07, 6.45) is 2.74. The number of likely N-dealkylation sites (tertiary alicyclic amines) is 1. The van der Waals surface area contributed by atoms with Crippen molar-refractivity contribution in [2.75, 3.05) is 20.8 Å². The molecule has 0 bridgehead atoms. The molecule has 1 aromatic rings. The minimum absolute atomic E-state index is 0.397. The number of carboxylic acid groups (broad SMARTS) is 1. The van der Waals surface area contributed by atoms with Gasteiger partial charge in [-0.2, -0.15) is 0 Å². The van der Waals surface area contributed by atoms with Crippen LogP contribution < -0.4 is 9.47 Å². The summed E-state index contributed by atoms with van der Waals surface area (Å²) in [4.78, 5) is 13.4. The summed E-state index contributed by atoms with van der Waals surface area (Å²) in [6, 6.07) is 3.47. The van der Waals surface area contributed by atoms with Crippen LogP contribution in [0.15, 0.2) is 12.1 Å². The van der Waals surface area contributed by atoms with Gasteiger partial charge in [-0.3, -0.25) is 9.69 Å². The number of ether oxygens (including phenoxy) is 2. The molecular formula is C16H23NO4. The van der Waals surface area contributed by atoms with E-state index >= 15 is 0 Å². The Morgan fingerprint density at radius 1 is 1.33 bits per heavy atom. The molecule has 5 nitrogen and oxygen atoms in total. The number of rotatable bonds is 5. The molecule has 1 aliphatic heterocycles. The number of piperidine rings is 1. The standard InChI is InChI=1S/C16H23NO4/c1-11-14(20-2)8-7-12(15(11)21-3)10-17-9-5-4-6-13(17)16(18)19/h7-8,13H,4-6,9-10H2,1-3H3,(H,18,19). The quantitative estimate of drug-likeness (QED) is 0.903. The van der Waals surface area contributed by atoms with Crippen LogP contribution in [-0.4, -0.2) is 42.8 Å². The SMILES string of the molecule is COc1ccc(CN2CCCCC2C(=O)O)c(OC)c1C. The van der Waals surface area contributed by atoms with Crippen LogP contribution in [-0.2, 0) is 11.3 Å². The summed E-state index contributed by atoms with van der Waals surface area (Å²) in [7, 11) is 3.27. The van der Waals surface area contributed by atoms with Crippen molar-refractivity contribution >= 4 is 5.97 Å². The molecule has 1 heterocycles. The third kappa shape index (κ3) is 3.29. The Balaban J connectivity index is 2.25. The van der Waals surface area contributed by atoms with Crippen LogP contribution in [0, 0.1) is 6.92 Å². The predicted octanol–water partition coefficient (Wildman–Crippen LogP) is 2.45. The van der Waals surface area contributed by atoms with E-state index < -0.39 is 12.0 Å². The fourth-order valence-corrected chi connectivity index (χ4v) is 3.04. The summed E-state index contributed by atoms with van der Waals surface area (Å²) in [5.41, 5.74) is 1.95. The maximum absolute atomic E-state index is 11.4. The van der Waals surface area contributed by atoms with Crippen LogP contribution in [0.25, 0.3) is 0 Å². The highest BCUT2D eigenvalue weighted by Gasteiger charge is 2.29. The number of aliphatic carboxylic acids is 1. The monoisotopic (exact) mass is 293 g/mol. The number of carboxylic acids is 1. The molecule has 1 N–H and O–H groups in total. The maximum Gasteiger partial charge on any atom is 0.320 e. The highest BCUT2D eigenvalue weighted by Crippen LogP contribution is 2.33. The third-order valence-electron chi connectivity index (χ3n) is 4.13. The van der Waals surface area contributed by atoms with E-state index in [-0.39, 0.29) is 0 Å². The zero-order valence-electron chi connectivity index (χ0n) is 12.9. The third-order valence-corrected chi connectivity index (χ3v) is 4.13. The lowest BCUT2D eigenvalue weighted by atomic mass is 10.0. The first-order valence-corrected chi connectivity index (χ1v) is 7.25. The second kappa shape index (κ2) is 6.80. The van der Waals surface area contributed by atoms with Crippen LogP contribution in [0.2, 0.25) is 0 Å². The Kier molecular flexibility index (Phi) is 5.07. The summed E-state index contributed by atoms with van der Waals surface area (Å²) >= 11 is 0. The minimum Gasteiger partial charge on any atom is -0.496 e. The highest BCUT2D eigenvalue weighted by atomic mass is 16.5. The number of nitrogens with zero attached hydrogens (tertiary/aromatic N) is 1. The zero-order valence-corrected chi connectivity index (χ0v) is 12.9. The Morgan fingerprint density at radius 3 is 2.71 bits per heavy atom. The van der Waals surface area contributed by atoms with Crippen molar-refractivity contribution in [1.82, 2.24) is 4.90 Å². The number of methoxy groups -OCH3 is 2. The van der Waals surface area contributed by atoms with Crippen molar-refractivity contribution in [1.29, 1.82) is 0 Å². The van der Waals surface area contributed by atoms with Crippen LogP contribution in [0.5, 0.6) is 11.5 Å². The predicted molar refractivity (Wildman–Crippen MR) is 80.0 cm³/mol. The zero-order chi connectivity index (χ0) is 15.4. The van der Waals surface area contributed by atoms with E-state index in [1.165, 1.54) is 0 Å². The van der Waals surface area contributed by atoms with Crippen LogP contribution >= 0.6 is 0 Å². The van der Waals surface area contributed by atoms with E-state index in [0.717, 1.165) is 42.0 Å². The van der Waals surface area contributed by atoms with Crippen molar-refractivity contribution in [2.24, 2.45) is 0 Å². The van der Waals surface area contributed by atoms with E-state index in [1.54, 1.807) is 14.2 Å². The van der Waals surface area contributed by atoms with Gasteiger partial charge in [-0.1, -0.05) is 12.5 Å². The Bertz CT molecular complexity index is 515. The number of benzene rings is 1. The van der Waals surface area contributed by atoms with Gasteiger partial charge in [0.15, 0.2) is 0 Å². The van der Waals surface area contributed by atoms with Gasteiger partial charge < -0.3 is 14.6 Å². The summed E-state index contributed by atoms with van der Waals surface area (Å²) in [6.45, 7) is 3.35. The van der Waals surface area contributed by atoms with Gasteiger partial charge in [0.25, 0.3) is 0 Å². The lowest BCUT2D eigenvalue weighted by Gasteiger charge is -2.33. The first-order chi connectivity index (χ1) is 10.1. The van der Waals surface area contributed by atoms with Gasteiger partial charge in [-0.25, -0.2) is 0 Å². The molecule has 0 spiro atoms. The fraction of sp³-hybridized carbons (Fsp3) is 0.562. The van der Waals surface area contributed by atoms with Crippen molar-refractivity contribution < 1.29 is 19.4 Å². The minimum atomic E-state index is -0.737. The molecule has 0 saturated carbocycles. The van der Waals surface area contributed by atoms with E-state index in [4.69, 9.17) is 9.47 Å². The molecule has 1 aliphatic rings. The molecule has 21 heavy (non-hydrogen) atoms. The van der Waals surface area contributed by atoms with E-state index in [9.17, 15) is 9.90 Å². The number of hydrogen-bond acceptors (Lipinski definition) is 4. The van der Waals surface area contributed by atoms with E-state index in [1.807, 2.05) is 24.0 Å². The smallest absolute Gasteiger partial charge is 0.320 e. The molecule has 0 aromatic heterocycles. The normalized spacial score (nSPS) is 19.3. The van der Waals surface area contributed by atoms with E-state index in [2.05, 4.69) is 0 Å². The first-order valence-electron chi connectivity index (χ1n) is 7.25. The van der Waals surface area contributed by atoms with Crippen molar-refractivity contribution in [3.05, 3.63) is 23.3 Å². The second-order valence-corrected chi connectivity index (χ2v) is 5.41. The average molecular weight is 293 g/mol. The molecule has 0 aliphatic carbocycles. The Labute approximate surface area is 125 Å². The molecule has 5 heteroatoms. The first kappa shape index (κ1) is 15.6. The number of carbonyl (C=O) groups is 1. The van der Waals surface area contributed by atoms with Crippen molar-refractivity contribution in [2.45, 2.75) is 38.8 Å². The van der Waals surface area contributed by atoms with Gasteiger partial charge in [0.2, 0.25) is 0 Å². The summed E-state index contributed by atoms with van der Waals surface area (Å²) in [5, 5.41) is 9.36. The topological polar surface area (TPSA) is 59.0 Å². The van der Waals surface area contributed by atoms with Crippen LogP contribution in [0.3, 0.4) is 0 Å². The van der Waals surface area contributed by atoms with Gasteiger partial charge in [0.05, 0.1) is 14.2 Å². The summed E-state index contributed by atoms with van der Waals surface area (Å²) < 4.78 is 10.8. The van der Waals surface area contributed by atoms with Gasteiger partial charge in [0, 0.05) is 17.7 Å². The number of hydrogen-bond donors (Lipinski definition) is 1. The van der Waals surface area contributed by atoms with Crippen LogP contribution in [0.4, 0.5) is 0 Å². The second-order valence-electron chi connectivity index (χ2n) is 5.41. The van der Waals surface area contributed by atoms with Crippen molar-refractivity contribution in [3.63, 3.8) is 0 Å². The molecule has 2 rings (SSSR count). The lowest BCUT2D eigenvalue weighted by Crippen LogP contribution is -2.44. The average Bonchev–Trinajstić information content (AvgIpc) is 2.48. The molecule has 1 atom stereocenters.